The van der Waals surface area contributed by atoms with Gasteiger partial charge >= 0.3 is 0 Å². The van der Waals surface area contributed by atoms with Gasteiger partial charge in [-0.2, -0.15) is 0 Å². The maximum Gasteiger partial charge on any atom is 0.251 e. The molecule has 0 bridgehead atoms. The second-order valence-corrected chi connectivity index (χ2v) is 8.20. The molecule has 0 aliphatic heterocycles. The van der Waals surface area contributed by atoms with Crippen LogP contribution in [0.1, 0.15) is 15.9 Å². The van der Waals surface area contributed by atoms with Gasteiger partial charge in [0.1, 0.15) is 11.6 Å². The van der Waals surface area contributed by atoms with Gasteiger partial charge in [0.2, 0.25) is 4.77 Å². The lowest BCUT2D eigenvalue weighted by atomic mass is 10.1. The topological polar surface area (TPSA) is 55.1 Å². The zero-order chi connectivity index (χ0) is 24.2. The molecule has 1 amide bonds. The first kappa shape index (κ1) is 23.5. The summed E-state index contributed by atoms with van der Waals surface area (Å²) >= 11 is 5.66. The van der Waals surface area contributed by atoms with E-state index in [1.165, 1.54) is 16.7 Å². The highest BCUT2D eigenvalue weighted by atomic mass is 32.1. The summed E-state index contributed by atoms with van der Waals surface area (Å²) in [7, 11) is 3.50. The molecule has 1 N–H and O–H groups in total. The summed E-state index contributed by atoms with van der Waals surface area (Å²) in [6, 6.07) is 20.0. The lowest BCUT2D eigenvalue weighted by Gasteiger charge is -2.16. The molecule has 4 rings (SSSR count). The molecule has 34 heavy (non-hydrogen) atoms. The van der Waals surface area contributed by atoms with Gasteiger partial charge in [-0.1, -0.05) is 42.5 Å². The van der Waals surface area contributed by atoms with Crippen LogP contribution in [-0.2, 0) is 13.2 Å². The molecule has 4 aromatic rings. The molecule has 1 heterocycles. The van der Waals surface area contributed by atoms with E-state index in [1.807, 2.05) is 54.4 Å². The molecule has 0 radical (unpaired) electrons. The molecule has 0 unspecified atom stereocenters. The van der Waals surface area contributed by atoms with Crippen LogP contribution in [0, 0.1) is 16.4 Å². The molecular formula is C25H23F2N5OS. The molecule has 0 saturated heterocycles. The lowest BCUT2D eigenvalue weighted by Crippen LogP contribution is -2.23. The average molecular weight is 480 g/mol. The first-order valence-electron chi connectivity index (χ1n) is 10.6. The van der Waals surface area contributed by atoms with Crippen molar-refractivity contribution in [3.8, 4) is 17.1 Å². The van der Waals surface area contributed by atoms with Crippen LogP contribution in [0.2, 0.25) is 0 Å². The van der Waals surface area contributed by atoms with Gasteiger partial charge in [0, 0.05) is 30.8 Å². The quantitative estimate of drug-likeness (QED) is 0.387. The van der Waals surface area contributed by atoms with Crippen LogP contribution in [0.3, 0.4) is 0 Å². The summed E-state index contributed by atoms with van der Waals surface area (Å²) in [6.45, 7) is 0.917. The highest BCUT2D eigenvalue weighted by Gasteiger charge is 2.18. The van der Waals surface area contributed by atoms with Crippen molar-refractivity contribution in [3.63, 3.8) is 0 Å². The van der Waals surface area contributed by atoms with Gasteiger partial charge < -0.3 is 5.32 Å². The number of aromatic nitrogens is 3. The first-order chi connectivity index (χ1) is 16.4. The minimum Gasteiger partial charge on any atom is -0.355 e. The second kappa shape index (κ2) is 10.1. The summed E-state index contributed by atoms with van der Waals surface area (Å²) in [5.74, 6) is -1.07. The SMILES string of the molecule is CNC(=O)c1ccc(CN(C)Cn2nc(-c3ccccc3)n(-c3ccc(F)cc3F)c2=S)cc1. The smallest absolute Gasteiger partial charge is 0.251 e. The maximum absolute atomic E-state index is 14.7. The number of amides is 1. The third-order valence-electron chi connectivity index (χ3n) is 5.29. The Morgan fingerprint density at radius 2 is 1.76 bits per heavy atom. The summed E-state index contributed by atoms with van der Waals surface area (Å²) in [4.78, 5) is 13.7. The Morgan fingerprint density at radius 1 is 1.06 bits per heavy atom. The fraction of sp³-hybridized carbons (Fsp3) is 0.160. The number of halogens is 2. The Hall–Kier alpha value is -3.69. The number of carbonyl (C=O) groups is 1. The third kappa shape index (κ3) is 4.95. The molecule has 0 aliphatic carbocycles. The Balaban J connectivity index is 1.65. The molecule has 9 heteroatoms. The fourth-order valence-corrected chi connectivity index (χ4v) is 3.93. The molecule has 0 atom stereocenters. The zero-order valence-corrected chi connectivity index (χ0v) is 19.5. The van der Waals surface area contributed by atoms with Gasteiger partial charge in [0.15, 0.2) is 5.82 Å². The van der Waals surface area contributed by atoms with E-state index in [-0.39, 0.29) is 16.4 Å². The minimum atomic E-state index is -0.725. The van der Waals surface area contributed by atoms with Crippen molar-refractivity contribution in [2.75, 3.05) is 14.1 Å². The first-order valence-corrected chi connectivity index (χ1v) is 11.0. The summed E-state index contributed by atoms with van der Waals surface area (Å²) in [5.41, 5.74) is 2.48. The van der Waals surface area contributed by atoms with Gasteiger partial charge in [-0.3, -0.25) is 14.3 Å². The third-order valence-corrected chi connectivity index (χ3v) is 5.69. The molecule has 6 nitrogen and oxygen atoms in total. The van der Waals surface area contributed by atoms with Crippen LogP contribution >= 0.6 is 12.2 Å². The largest absolute Gasteiger partial charge is 0.355 e. The predicted molar refractivity (Wildman–Crippen MR) is 129 cm³/mol. The number of hydrogen-bond acceptors (Lipinski definition) is 4. The molecule has 0 spiro atoms. The van der Waals surface area contributed by atoms with E-state index in [0.717, 1.165) is 17.2 Å². The zero-order valence-electron chi connectivity index (χ0n) is 18.7. The van der Waals surface area contributed by atoms with E-state index < -0.39 is 11.6 Å². The Labute approximate surface area is 201 Å². The number of rotatable bonds is 7. The van der Waals surface area contributed by atoms with Crippen molar-refractivity contribution < 1.29 is 13.6 Å². The van der Waals surface area contributed by atoms with Crippen LogP contribution in [0.5, 0.6) is 0 Å². The van der Waals surface area contributed by atoms with E-state index in [0.29, 0.717) is 24.6 Å². The number of benzene rings is 3. The second-order valence-electron chi connectivity index (χ2n) is 7.83. The van der Waals surface area contributed by atoms with Crippen molar-refractivity contribution in [2.45, 2.75) is 13.2 Å². The summed E-state index contributed by atoms with van der Waals surface area (Å²) in [5, 5.41) is 7.27. The van der Waals surface area contributed by atoms with Gasteiger partial charge in [-0.15, -0.1) is 5.10 Å². The number of nitrogens with one attached hydrogen (secondary N) is 1. The average Bonchev–Trinajstić information content (AvgIpc) is 3.15. The number of nitrogens with zero attached hydrogens (tertiary/aromatic N) is 4. The van der Waals surface area contributed by atoms with Crippen molar-refractivity contribution in [3.05, 3.63) is 100 Å². The van der Waals surface area contributed by atoms with Crippen molar-refractivity contribution in [1.29, 1.82) is 0 Å². The van der Waals surface area contributed by atoms with Crippen LogP contribution < -0.4 is 5.32 Å². The predicted octanol–water partition coefficient (Wildman–Crippen LogP) is 4.80. The van der Waals surface area contributed by atoms with Gasteiger partial charge in [-0.25, -0.2) is 13.5 Å². The minimum absolute atomic E-state index is 0.129. The monoisotopic (exact) mass is 479 g/mol. The molecule has 0 fully saturated rings. The van der Waals surface area contributed by atoms with Crippen molar-refractivity contribution in [1.82, 2.24) is 24.6 Å². The van der Waals surface area contributed by atoms with Crippen molar-refractivity contribution >= 4 is 18.1 Å². The lowest BCUT2D eigenvalue weighted by molar-refractivity contribution is 0.0963. The Morgan fingerprint density at radius 3 is 2.41 bits per heavy atom. The highest BCUT2D eigenvalue weighted by molar-refractivity contribution is 7.71. The van der Waals surface area contributed by atoms with Gasteiger partial charge in [-0.05, 0) is 49.1 Å². The van der Waals surface area contributed by atoms with Crippen LogP contribution in [-0.4, -0.2) is 39.3 Å². The molecule has 174 valence electrons. The highest BCUT2D eigenvalue weighted by Crippen LogP contribution is 2.25. The van der Waals surface area contributed by atoms with E-state index >= 15 is 0 Å². The van der Waals surface area contributed by atoms with Crippen molar-refractivity contribution in [2.24, 2.45) is 0 Å². The van der Waals surface area contributed by atoms with E-state index in [2.05, 4.69) is 10.4 Å². The molecular weight excluding hydrogens is 456 g/mol. The number of carbonyl (C=O) groups excluding carboxylic acids is 1. The Bertz CT molecular complexity index is 1370. The standard InChI is InChI=1S/C25H23F2N5OS/c1-28-24(33)19-10-8-17(9-11-19)15-30(2)16-31-25(34)32(22-13-12-20(26)14-21(22)27)23(29-31)18-6-4-3-5-7-18/h3-14H,15-16H2,1-2H3,(H,28,33). The molecule has 0 saturated carbocycles. The van der Waals surface area contributed by atoms with Gasteiger partial charge in [0.05, 0.1) is 12.4 Å². The van der Waals surface area contributed by atoms with Gasteiger partial charge in [0.25, 0.3) is 5.91 Å². The molecule has 3 aromatic carbocycles. The van der Waals surface area contributed by atoms with E-state index in [4.69, 9.17) is 12.2 Å². The molecule has 1 aromatic heterocycles. The van der Waals surface area contributed by atoms with Crippen LogP contribution in [0.4, 0.5) is 8.78 Å². The Kier molecular flexibility index (Phi) is 6.95. The van der Waals surface area contributed by atoms with Crippen LogP contribution in [0.25, 0.3) is 17.1 Å². The number of hydrogen-bond donors (Lipinski definition) is 1. The van der Waals surface area contributed by atoms with Crippen LogP contribution in [0.15, 0.2) is 72.8 Å². The maximum atomic E-state index is 14.7. The van der Waals surface area contributed by atoms with E-state index in [1.54, 1.807) is 23.9 Å². The molecule has 0 aliphatic rings. The summed E-state index contributed by atoms with van der Waals surface area (Å²) in [6.07, 6.45) is 0. The summed E-state index contributed by atoms with van der Waals surface area (Å²) < 4.78 is 31.7. The van der Waals surface area contributed by atoms with E-state index in [9.17, 15) is 13.6 Å². The fourth-order valence-electron chi connectivity index (χ4n) is 3.65. The normalized spacial score (nSPS) is 11.1.